The maximum absolute atomic E-state index is 12.7. The fourth-order valence-corrected chi connectivity index (χ4v) is 1.18. The summed E-state index contributed by atoms with van der Waals surface area (Å²) in [7, 11) is 0. The van der Waals surface area contributed by atoms with Crippen LogP contribution in [0.2, 0.25) is 0 Å². The lowest BCUT2D eigenvalue weighted by Crippen LogP contribution is -1.82. The molecule has 62 valence electrons. The van der Waals surface area contributed by atoms with Crippen molar-refractivity contribution in [3.05, 3.63) is 44.5 Å². The van der Waals surface area contributed by atoms with Crippen LogP contribution < -0.4 is 0 Å². The molecule has 0 fully saturated rings. The quantitative estimate of drug-likeness (QED) is 0.424. The van der Waals surface area contributed by atoms with Crippen LogP contribution in [0.15, 0.2) is 27.8 Å². The first-order chi connectivity index (χ1) is 5.74. The molecule has 12 heavy (non-hydrogen) atoms. The summed E-state index contributed by atoms with van der Waals surface area (Å²) < 4.78 is 13.1. The fourth-order valence-electron chi connectivity index (χ4n) is 0.751. The van der Waals surface area contributed by atoms with Crippen LogP contribution in [0.25, 0.3) is 10.4 Å². The molecule has 0 bridgehead atoms. The number of halogens is 2. The molecule has 0 aliphatic rings. The second-order valence-corrected chi connectivity index (χ2v) is 2.99. The van der Waals surface area contributed by atoms with Crippen LogP contribution in [0.1, 0.15) is 5.56 Å². The van der Waals surface area contributed by atoms with Crippen molar-refractivity contribution < 1.29 is 4.39 Å². The van der Waals surface area contributed by atoms with Gasteiger partial charge in [-0.05, 0) is 39.2 Å². The summed E-state index contributed by atoms with van der Waals surface area (Å²) in [6.45, 7) is 0.245. The molecular formula is C7H5BrFN3. The zero-order chi connectivity index (χ0) is 8.97. The summed E-state index contributed by atoms with van der Waals surface area (Å²) in [5, 5.41) is 3.35. The Hall–Kier alpha value is -1.06. The number of benzene rings is 1. The van der Waals surface area contributed by atoms with E-state index in [1.807, 2.05) is 0 Å². The third-order valence-electron chi connectivity index (χ3n) is 1.30. The molecule has 0 aliphatic heterocycles. The van der Waals surface area contributed by atoms with E-state index in [-0.39, 0.29) is 12.4 Å². The summed E-state index contributed by atoms with van der Waals surface area (Å²) in [5.74, 6) is -0.320. The van der Waals surface area contributed by atoms with Crippen molar-refractivity contribution in [3.63, 3.8) is 0 Å². The molecule has 0 heterocycles. The van der Waals surface area contributed by atoms with Crippen LogP contribution in [-0.4, -0.2) is 0 Å². The molecule has 0 saturated heterocycles. The highest BCUT2D eigenvalue weighted by molar-refractivity contribution is 9.10. The van der Waals surface area contributed by atoms with E-state index in [1.54, 1.807) is 12.1 Å². The zero-order valence-electron chi connectivity index (χ0n) is 6.04. The zero-order valence-corrected chi connectivity index (χ0v) is 7.62. The van der Waals surface area contributed by atoms with Gasteiger partial charge >= 0.3 is 0 Å². The maximum atomic E-state index is 12.7. The van der Waals surface area contributed by atoms with Crippen LogP contribution in [0, 0.1) is 5.82 Å². The Labute approximate surface area is 77.0 Å². The van der Waals surface area contributed by atoms with Gasteiger partial charge in [0.15, 0.2) is 0 Å². The fraction of sp³-hybridized carbons (Fsp3) is 0.143. The lowest BCUT2D eigenvalue weighted by molar-refractivity contribution is 0.620. The van der Waals surface area contributed by atoms with Gasteiger partial charge in [-0.15, -0.1) is 0 Å². The average Bonchev–Trinajstić information content (AvgIpc) is 2.07. The molecular weight excluding hydrogens is 225 g/mol. The lowest BCUT2D eigenvalue weighted by atomic mass is 10.2. The molecule has 1 aromatic rings. The number of azide groups is 1. The summed E-state index contributed by atoms with van der Waals surface area (Å²) in [6.07, 6.45) is 0. The first-order valence-electron chi connectivity index (χ1n) is 3.19. The average molecular weight is 230 g/mol. The standard InChI is InChI=1S/C7H5BrFN3/c8-6-3-5(4-11-12-10)1-2-7(6)9/h1-3H,4H2. The molecule has 0 N–H and O–H groups in total. The minimum Gasteiger partial charge on any atom is -0.206 e. The van der Waals surface area contributed by atoms with Gasteiger partial charge in [0, 0.05) is 4.91 Å². The highest BCUT2D eigenvalue weighted by Crippen LogP contribution is 2.17. The van der Waals surface area contributed by atoms with E-state index >= 15 is 0 Å². The molecule has 0 unspecified atom stereocenters. The smallest absolute Gasteiger partial charge is 0.137 e. The first-order valence-corrected chi connectivity index (χ1v) is 3.98. The molecule has 0 aromatic heterocycles. The SMILES string of the molecule is [N-]=[N+]=NCc1ccc(F)c(Br)c1. The van der Waals surface area contributed by atoms with Gasteiger partial charge in [0.25, 0.3) is 0 Å². The van der Waals surface area contributed by atoms with Gasteiger partial charge in [0.05, 0.1) is 11.0 Å². The molecule has 0 atom stereocenters. The van der Waals surface area contributed by atoms with Crippen LogP contribution in [-0.2, 0) is 6.54 Å². The number of nitrogens with zero attached hydrogens (tertiary/aromatic N) is 3. The van der Waals surface area contributed by atoms with Gasteiger partial charge in [-0.25, -0.2) is 4.39 Å². The van der Waals surface area contributed by atoms with E-state index in [2.05, 4.69) is 26.0 Å². The summed E-state index contributed by atoms with van der Waals surface area (Å²) in [6, 6.07) is 4.49. The van der Waals surface area contributed by atoms with Crippen LogP contribution in [0.5, 0.6) is 0 Å². The second kappa shape index (κ2) is 4.09. The molecule has 0 spiro atoms. The van der Waals surface area contributed by atoms with E-state index in [0.717, 1.165) is 5.56 Å². The minimum absolute atomic E-state index is 0.245. The van der Waals surface area contributed by atoms with Gasteiger partial charge in [-0.3, -0.25) is 0 Å². The Kier molecular flexibility index (Phi) is 3.08. The molecule has 5 heteroatoms. The van der Waals surface area contributed by atoms with Gasteiger partial charge in [-0.2, -0.15) is 0 Å². The summed E-state index contributed by atoms with van der Waals surface area (Å²) in [5.41, 5.74) is 8.80. The highest BCUT2D eigenvalue weighted by atomic mass is 79.9. The van der Waals surface area contributed by atoms with E-state index < -0.39 is 0 Å². The maximum Gasteiger partial charge on any atom is 0.137 e. The Morgan fingerprint density at radius 1 is 1.58 bits per heavy atom. The number of hydrogen-bond acceptors (Lipinski definition) is 1. The molecule has 3 nitrogen and oxygen atoms in total. The van der Waals surface area contributed by atoms with Crippen molar-refractivity contribution in [1.82, 2.24) is 0 Å². The summed E-state index contributed by atoms with van der Waals surface area (Å²) >= 11 is 3.03. The second-order valence-electron chi connectivity index (χ2n) is 2.14. The van der Waals surface area contributed by atoms with Gasteiger partial charge in [0.1, 0.15) is 5.82 Å². The van der Waals surface area contributed by atoms with Crippen LogP contribution in [0.3, 0.4) is 0 Å². The van der Waals surface area contributed by atoms with E-state index in [0.29, 0.717) is 4.47 Å². The monoisotopic (exact) mass is 229 g/mol. The molecule has 0 aliphatic carbocycles. The van der Waals surface area contributed by atoms with Crippen molar-refractivity contribution in [3.8, 4) is 0 Å². The number of hydrogen-bond donors (Lipinski definition) is 0. The Bertz CT molecular complexity index is 333. The van der Waals surface area contributed by atoms with Crippen molar-refractivity contribution in [2.24, 2.45) is 5.11 Å². The molecule has 0 radical (unpaired) electrons. The Balaban J connectivity index is 2.89. The minimum atomic E-state index is -0.320. The normalized spacial score (nSPS) is 9.17. The number of rotatable bonds is 2. The topological polar surface area (TPSA) is 48.8 Å². The van der Waals surface area contributed by atoms with E-state index in [1.165, 1.54) is 6.07 Å². The largest absolute Gasteiger partial charge is 0.206 e. The van der Waals surface area contributed by atoms with Gasteiger partial charge in [0.2, 0.25) is 0 Å². The van der Waals surface area contributed by atoms with Crippen molar-refractivity contribution in [2.75, 3.05) is 0 Å². The Morgan fingerprint density at radius 2 is 2.33 bits per heavy atom. The van der Waals surface area contributed by atoms with Gasteiger partial charge < -0.3 is 0 Å². The summed E-state index contributed by atoms with van der Waals surface area (Å²) in [4.78, 5) is 2.60. The van der Waals surface area contributed by atoms with Crippen molar-refractivity contribution >= 4 is 15.9 Å². The highest BCUT2D eigenvalue weighted by Gasteiger charge is 1.98. The predicted molar refractivity (Wildman–Crippen MR) is 47.0 cm³/mol. The molecule has 0 saturated carbocycles. The third-order valence-corrected chi connectivity index (χ3v) is 1.91. The molecule has 1 aromatic carbocycles. The first kappa shape index (κ1) is 9.03. The van der Waals surface area contributed by atoms with E-state index in [4.69, 9.17) is 5.53 Å². The van der Waals surface area contributed by atoms with E-state index in [9.17, 15) is 4.39 Å². The molecule has 1 rings (SSSR count). The van der Waals surface area contributed by atoms with Crippen molar-refractivity contribution in [1.29, 1.82) is 0 Å². The van der Waals surface area contributed by atoms with Crippen LogP contribution in [0.4, 0.5) is 4.39 Å². The Morgan fingerprint density at radius 3 is 2.92 bits per heavy atom. The van der Waals surface area contributed by atoms with Gasteiger partial charge in [-0.1, -0.05) is 11.2 Å². The lowest BCUT2D eigenvalue weighted by Gasteiger charge is -1.97. The third kappa shape index (κ3) is 2.22. The van der Waals surface area contributed by atoms with Crippen LogP contribution >= 0.6 is 15.9 Å². The predicted octanol–water partition coefficient (Wildman–Crippen LogP) is 3.40. The van der Waals surface area contributed by atoms with Crippen molar-refractivity contribution in [2.45, 2.75) is 6.54 Å². The molecule has 0 amide bonds.